The number of carboxylic acid groups (broad SMARTS) is 1. The Hall–Kier alpha value is -7.35. The summed E-state index contributed by atoms with van der Waals surface area (Å²) in [5, 5.41) is 16.4. The Balaban J connectivity index is 0.000000179. The van der Waals surface area contributed by atoms with Crippen molar-refractivity contribution in [2.24, 2.45) is 5.73 Å². The Morgan fingerprint density at radius 2 is 1.16 bits per heavy atom. The van der Waals surface area contributed by atoms with E-state index in [1.165, 1.54) is 21.9 Å². The number of aromatic carboxylic acids is 1. The van der Waals surface area contributed by atoms with E-state index in [4.69, 9.17) is 0 Å². The Morgan fingerprint density at radius 1 is 0.721 bits per heavy atom. The van der Waals surface area contributed by atoms with E-state index in [2.05, 4.69) is 61.1 Å². The van der Waals surface area contributed by atoms with Crippen molar-refractivity contribution in [3.8, 4) is 0 Å². The third-order valence-corrected chi connectivity index (χ3v) is 11.4. The molecule has 6 aromatic rings. The molecule has 4 aliphatic rings. The van der Waals surface area contributed by atoms with Crippen LogP contribution in [0.5, 0.6) is 0 Å². The molecule has 10 rings (SSSR count). The van der Waals surface area contributed by atoms with Gasteiger partial charge in [0, 0.05) is 68.2 Å². The van der Waals surface area contributed by atoms with Crippen LogP contribution in [0.3, 0.4) is 0 Å². The van der Waals surface area contributed by atoms with Gasteiger partial charge in [-0.25, -0.2) is 34.3 Å². The molecular formula is C41H42ClF6N15O5. The Morgan fingerprint density at radius 3 is 1.59 bits per heavy atom. The number of rotatable bonds is 6. The summed E-state index contributed by atoms with van der Waals surface area (Å²) in [5.41, 5.74) is 8.61. The van der Waals surface area contributed by atoms with Gasteiger partial charge in [0.15, 0.2) is 23.1 Å². The van der Waals surface area contributed by atoms with Crippen LogP contribution in [0.1, 0.15) is 57.8 Å². The lowest BCUT2D eigenvalue weighted by molar-refractivity contribution is -0.133. The average Bonchev–Trinajstić information content (AvgIpc) is 4.09. The molecule has 68 heavy (non-hydrogen) atoms. The van der Waals surface area contributed by atoms with E-state index in [9.17, 15) is 50.6 Å². The van der Waals surface area contributed by atoms with Gasteiger partial charge >= 0.3 is 30.4 Å². The van der Waals surface area contributed by atoms with Crippen LogP contribution < -0.4 is 36.0 Å². The summed E-state index contributed by atoms with van der Waals surface area (Å²) in [6.07, 6.45) is -2.17. The largest absolute Gasteiger partial charge is 0.477 e. The van der Waals surface area contributed by atoms with Crippen molar-refractivity contribution in [1.29, 1.82) is 0 Å². The number of hydrogen-bond acceptors (Lipinski definition) is 13. The molecule has 0 aliphatic carbocycles. The lowest BCUT2D eigenvalue weighted by Crippen LogP contribution is -2.48. The summed E-state index contributed by atoms with van der Waals surface area (Å²) in [7, 11) is 0. The number of nitrogens with two attached hydrogens (primary N) is 1. The van der Waals surface area contributed by atoms with Gasteiger partial charge in [-0.15, -0.1) is 12.4 Å². The number of pyridine rings is 2. The number of urea groups is 2. The number of Topliss-reactive ketones (excluding diaryl/α,β-unsaturated/α-hetero) is 1. The van der Waals surface area contributed by atoms with Crippen molar-refractivity contribution in [2.75, 3.05) is 63.0 Å². The number of aryl methyl sites for hydroxylation is 2. The molecule has 20 nitrogen and oxygen atoms in total. The maximum atomic E-state index is 13.2. The Labute approximate surface area is 387 Å². The minimum Gasteiger partial charge on any atom is -0.477 e. The van der Waals surface area contributed by atoms with Crippen LogP contribution in [0.4, 0.5) is 70.8 Å². The molecule has 10 heterocycles. The molecule has 2 saturated heterocycles. The molecule has 2 fully saturated rings. The number of H-pyrrole nitrogens is 2. The van der Waals surface area contributed by atoms with Crippen LogP contribution in [0.2, 0.25) is 0 Å². The van der Waals surface area contributed by atoms with Gasteiger partial charge < -0.3 is 30.6 Å². The maximum absolute atomic E-state index is 13.2. The van der Waals surface area contributed by atoms with Crippen molar-refractivity contribution in [2.45, 2.75) is 64.0 Å². The van der Waals surface area contributed by atoms with E-state index in [0.717, 1.165) is 40.6 Å². The van der Waals surface area contributed by atoms with Gasteiger partial charge in [0.05, 0.1) is 36.4 Å². The van der Waals surface area contributed by atoms with Crippen molar-refractivity contribution < 1.29 is 50.6 Å². The number of carbonyl (C=O) groups is 4. The summed E-state index contributed by atoms with van der Waals surface area (Å²) in [5.74, 6) is -0.977. The number of nitrogens with zero attached hydrogens (tertiary/aromatic N) is 10. The van der Waals surface area contributed by atoms with Gasteiger partial charge in [-0.05, 0) is 62.1 Å². The van der Waals surface area contributed by atoms with Crippen molar-refractivity contribution in [3.05, 3.63) is 71.6 Å². The van der Waals surface area contributed by atoms with E-state index in [-0.39, 0.29) is 53.6 Å². The zero-order valence-electron chi connectivity index (χ0n) is 35.9. The third-order valence-electron chi connectivity index (χ3n) is 11.4. The molecular weight excluding hydrogens is 932 g/mol. The fourth-order valence-corrected chi connectivity index (χ4v) is 8.10. The molecule has 0 aromatic carbocycles. The average molecular weight is 974 g/mol. The van der Waals surface area contributed by atoms with Gasteiger partial charge in [0.1, 0.15) is 17.0 Å². The highest BCUT2D eigenvalue weighted by molar-refractivity contribution is 6.06. The molecule has 4 aliphatic heterocycles. The number of nitrogens with one attached hydrogen (secondary N) is 4. The number of carbonyl (C=O) groups excluding carboxylic acids is 3. The molecule has 4 amide bonds. The van der Waals surface area contributed by atoms with Gasteiger partial charge in [-0.3, -0.25) is 25.2 Å². The van der Waals surface area contributed by atoms with Crippen LogP contribution in [-0.2, 0) is 0 Å². The number of ketones is 1. The van der Waals surface area contributed by atoms with E-state index in [0.29, 0.717) is 48.9 Å². The van der Waals surface area contributed by atoms with Gasteiger partial charge in [-0.1, -0.05) is 0 Å². The van der Waals surface area contributed by atoms with Crippen molar-refractivity contribution >= 4 is 93.2 Å². The zero-order valence-corrected chi connectivity index (χ0v) is 36.8. The van der Waals surface area contributed by atoms with E-state index < -0.39 is 55.6 Å². The predicted molar refractivity (Wildman–Crippen MR) is 239 cm³/mol. The van der Waals surface area contributed by atoms with Crippen LogP contribution in [0.25, 0.3) is 22.1 Å². The zero-order chi connectivity index (χ0) is 47.9. The minimum atomic E-state index is -4.43. The van der Waals surface area contributed by atoms with Crippen LogP contribution >= 0.6 is 12.4 Å². The number of fused-ring (bicyclic) bond motifs is 10. The summed E-state index contributed by atoms with van der Waals surface area (Å²) < 4.78 is 69.6. The summed E-state index contributed by atoms with van der Waals surface area (Å²) in [6, 6.07) is 5.00. The van der Waals surface area contributed by atoms with Gasteiger partial charge in [0.25, 0.3) is 0 Å². The molecule has 0 unspecified atom stereocenters. The smallest absolute Gasteiger partial charge is 0.400 e. The Bertz CT molecular complexity index is 2890. The SMILES string of the molecule is Cc1c[nH]c2nc(NC(=O)N3c4nc(C(=O)CCC(F)(F)F)ccc4N4CC[C@H]3C4)ncc12.Cc1c[nH]c2nc(NC(=O)N3c4nc(C(=O)O)ccc4N4CC[C@H]3C4)ncc12.Cl.NCC(F)(F)F. The summed E-state index contributed by atoms with van der Waals surface area (Å²) in [6.45, 7) is 5.41. The highest BCUT2D eigenvalue weighted by Crippen LogP contribution is 2.41. The predicted octanol–water partition coefficient (Wildman–Crippen LogP) is 6.74. The molecule has 0 radical (unpaired) electrons. The summed E-state index contributed by atoms with van der Waals surface area (Å²) in [4.78, 5) is 88.8. The summed E-state index contributed by atoms with van der Waals surface area (Å²) >= 11 is 0. The molecule has 6 aromatic heterocycles. The molecule has 0 saturated carbocycles. The van der Waals surface area contributed by atoms with E-state index >= 15 is 0 Å². The highest BCUT2D eigenvalue weighted by Gasteiger charge is 2.42. The second kappa shape index (κ2) is 19.1. The minimum absolute atomic E-state index is 0. The number of halogens is 7. The first kappa shape index (κ1) is 48.6. The number of hydrogen-bond donors (Lipinski definition) is 6. The molecule has 360 valence electrons. The first-order valence-electron chi connectivity index (χ1n) is 20.7. The topological polar surface area (TPSA) is 260 Å². The second-order valence-electron chi connectivity index (χ2n) is 16.0. The van der Waals surface area contributed by atoms with Crippen LogP contribution in [-0.4, -0.2) is 126 Å². The fourth-order valence-electron chi connectivity index (χ4n) is 8.10. The normalized spacial score (nSPS) is 16.8. The fraction of sp³-hybridized carbons (Fsp3) is 0.366. The lowest BCUT2D eigenvalue weighted by Gasteiger charge is -2.35. The molecule has 4 bridgehead atoms. The lowest BCUT2D eigenvalue weighted by atomic mass is 10.1. The number of carboxylic acids is 1. The number of amides is 4. The van der Waals surface area contributed by atoms with Gasteiger partial charge in [0.2, 0.25) is 11.9 Å². The quantitative estimate of drug-likeness (QED) is 0.0747. The van der Waals surface area contributed by atoms with E-state index in [1.54, 1.807) is 30.7 Å². The Kier molecular flexibility index (Phi) is 13.6. The molecule has 0 spiro atoms. The van der Waals surface area contributed by atoms with Crippen LogP contribution in [0.15, 0.2) is 49.1 Å². The maximum Gasteiger partial charge on any atom is 0.400 e. The highest BCUT2D eigenvalue weighted by atomic mass is 35.5. The number of anilines is 6. The van der Waals surface area contributed by atoms with E-state index in [1.807, 2.05) is 24.9 Å². The number of aromatic amines is 2. The number of aromatic nitrogens is 8. The standard InChI is InChI=1S/C21H20F3N7O2.C18H17N7O3.C2H4F3N.ClH/c1-11-8-25-17-13(11)9-26-19(28-17)29-20(33)31-12-5-7-30(10-12)15-3-2-14(27-18(15)31)16(32)4-6-21(22,23)24;1-9-6-19-14-11(9)7-20-17(22-14)23-18(28)25-10-4-5-24(8-10)13-3-2-12(16(26)27)21-15(13)25;3-2(4,5)1-6;/h2-3,8-9,12H,4-7,10H2,1H3,(H2,25,26,28,29,33);2-3,6-7,10H,4-5,8H2,1H3,(H,26,27)(H2,19,20,22,23,28);1,6H2;1H/t12-;10-;;/m00../s1. The molecule has 2 atom stereocenters. The number of alkyl halides is 6. The van der Waals surface area contributed by atoms with Crippen LogP contribution in [0, 0.1) is 13.8 Å². The van der Waals surface area contributed by atoms with Crippen molar-refractivity contribution in [1.82, 2.24) is 39.9 Å². The van der Waals surface area contributed by atoms with Crippen molar-refractivity contribution in [3.63, 3.8) is 0 Å². The molecule has 7 N–H and O–H groups in total. The first-order chi connectivity index (χ1) is 31.8. The van der Waals surface area contributed by atoms with Gasteiger partial charge in [-0.2, -0.15) is 36.3 Å². The second-order valence-corrected chi connectivity index (χ2v) is 16.0. The third kappa shape index (κ3) is 10.3. The first-order valence-corrected chi connectivity index (χ1v) is 20.7. The molecule has 27 heteroatoms. The monoisotopic (exact) mass is 973 g/mol.